The molecule has 0 aliphatic heterocycles. The molecule has 1 unspecified atom stereocenters. The zero-order valence-corrected chi connectivity index (χ0v) is 12.1. The van der Waals surface area contributed by atoms with Gasteiger partial charge in [0.25, 0.3) is 0 Å². The van der Waals surface area contributed by atoms with E-state index in [-0.39, 0.29) is 11.6 Å². The number of benzene rings is 2. The third-order valence-electron chi connectivity index (χ3n) is 3.30. The first-order chi connectivity index (χ1) is 9.50. The summed E-state index contributed by atoms with van der Waals surface area (Å²) in [6.45, 7) is 3.64. The molecule has 0 aliphatic carbocycles. The Kier molecular flexibility index (Phi) is 4.73. The third kappa shape index (κ3) is 3.17. The van der Waals surface area contributed by atoms with Crippen molar-refractivity contribution in [1.29, 1.82) is 0 Å². The van der Waals surface area contributed by atoms with Gasteiger partial charge < -0.3 is 5.32 Å². The number of rotatable bonds is 4. The average Bonchev–Trinajstić information content (AvgIpc) is 2.38. The van der Waals surface area contributed by atoms with Crippen molar-refractivity contribution in [2.24, 2.45) is 0 Å². The summed E-state index contributed by atoms with van der Waals surface area (Å²) in [5.41, 5.74) is 0.948. The molecule has 0 amide bonds. The summed E-state index contributed by atoms with van der Waals surface area (Å²) in [5.74, 6) is -1.09. The van der Waals surface area contributed by atoms with Crippen molar-refractivity contribution >= 4 is 11.6 Å². The molecule has 4 heteroatoms. The van der Waals surface area contributed by atoms with E-state index in [1.165, 1.54) is 18.2 Å². The Balaban J connectivity index is 2.20. The van der Waals surface area contributed by atoms with Crippen LogP contribution in [0.25, 0.3) is 0 Å². The lowest BCUT2D eigenvalue weighted by Crippen LogP contribution is -2.24. The van der Waals surface area contributed by atoms with Crippen LogP contribution in [0.3, 0.4) is 0 Å². The molecule has 106 valence electrons. The molecule has 20 heavy (non-hydrogen) atoms. The van der Waals surface area contributed by atoms with E-state index in [1.807, 2.05) is 25.1 Å². The molecule has 0 aliphatic rings. The second kappa shape index (κ2) is 6.33. The van der Waals surface area contributed by atoms with Gasteiger partial charge in [-0.15, -0.1) is 0 Å². The van der Waals surface area contributed by atoms with Crippen LogP contribution in [-0.2, 0) is 0 Å². The SMILES string of the molecule is CC(N[C@@H](C)c1ccccc1Cl)c1c(F)cccc1F. The van der Waals surface area contributed by atoms with Crippen LogP contribution in [0, 0.1) is 11.6 Å². The van der Waals surface area contributed by atoms with Crippen LogP contribution in [0.2, 0.25) is 5.02 Å². The minimum atomic E-state index is -0.545. The lowest BCUT2D eigenvalue weighted by Gasteiger charge is -2.22. The Hall–Kier alpha value is -1.45. The van der Waals surface area contributed by atoms with E-state index >= 15 is 0 Å². The van der Waals surface area contributed by atoms with Gasteiger partial charge in [0.1, 0.15) is 11.6 Å². The Bertz CT molecular complexity index is 581. The normalized spacial score (nSPS) is 14.1. The van der Waals surface area contributed by atoms with Crippen molar-refractivity contribution in [2.75, 3.05) is 0 Å². The molecule has 2 aromatic carbocycles. The van der Waals surface area contributed by atoms with Crippen LogP contribution < -0.4 is 5.32 Å². The van der Waals surface area contributed by atoms with Gasteiger partial charge in [0.2, 0.25) is 0 Å². The fourth-order valence-electron chi connectivity index (χ4n) is 2.30. The predicted molar refractivity (Wildman–Crippen MR) is 77.8 cm³/mol. The molecule has 2 atom stereocenters. The van der Waals surface area contributed by atoms with E-state index in [2.05, 4.69) is 5.32 Å². The second-order valence-corrected chi connectivity index (χ2v) is 5.17. The number of nitrogens with one attached hydrogen (secondary N) is 1. The summed E-state index contributed by atoms with van der Waals surface area (Å²) in [5, 5.41) is 3.80. The fraction of sp³-hybridized carbons (Fsp3) is 0.250. The van der Waals surface area contributed by atoms with Crippen molar-refractivity contribution in [3.63, 3.8) is 0 Å². The number of halogens is 3. The predicted octanol–water partition coefficient (Wildman–Crippen LogP) is 5.03. The summed E-state index contributed by atoms with van der Waals surface area (Å²) in [6, 6.07) is 10.7. The van der Waals surface area contributed by atoms with Gasteiger partial charge in [-0.3, -0.25) is 0 Å². The van der Waals surface area contributed by atoms with E-state index in [0.717, 1.165) is 5.56 Å². The van der Waals surface area contributed by atoms with Gasteiger partial charge in [-0.2, -0.15) is 0 Å². The first-order valence-electron chi connectivity index (χ1n) is 6.45. The summed E-state index contributed by atoms with van der Waals surface area (Å²) < 4.78 is 27.5. The highest BCUT2D eigenvalue weighted by Gasteiger charge is 2.19. The topological polar surface area (TPSA) is 12.0 Å². The molecule has 2 aromatic rings. The van der Waals surface area contributed by atoms with Gasteiger partial charge in [-0.05, 0) is 37.6 Å². The fourth-order valence-corrected chi connectivity index (χ4v) is 2.60. The van der Waals surface area contributed by atoms with E-state index in [1.54, 1.807) is 13.0 Å². The lowest BCUT2D eigenvalue weighted by atomic mass is 10.0. The van der Waals surface area contributed by atoms with E-state index in [9.17, 15) is 8.78 Å². The highest BCUT2D eigenvalue weighted by molar-refractivity contribution is 6.31. The molecule has 0 saturated carbocycles. The van der Waals surface area contributed by atoms with Gasteiger partial charge in [0, 0.05) is 22.7 Å². The van der Waals surface area contributed by atoms with Gasteiger partial charge in [-0.1, -0.05) is 35.9 Å². The van der Waals surface area contributed by atoms with Crippen molar-refractivity contribution in [1.82, 2.24) is 5.32 Å². The molecule has 0 saturated heterocycles. The maximum Gasteiger partial charge on any atom is 0.130 e. The minimum Gasteiger partial charge on any atom is -0.303 e. The number of hydrogen-bond donors (Lipinski definition) is 1. The van der Waals surface area contributed by atoms with Crippen LogP contribution in [0.4, 0.5) is 8.78 Å². The second-order valence-electron chi connectivity index (χ2n) is 4.77. The number of hydrogen-bond acceptors (Lipinski definition) is 1. The van der Waals surface area contributed by atoms with E-state index < -0.39 is 17.7 Å². The molecule has 0 bridgehead atoms. The zero-order chi connectivity index (χ0) is 14.7. The van der Waals surface area contributed by atoms with Crippen molar-refractivity contribution < 1.29 is 8.78 Å². The molecule has 2 rings (SSSR count). The monoisotopic (exact) mass is 295 g/mol. The Morgan fingerprint density at radius 2 is 1.50 bits per heavy atom. The molecule has 1 nitrogen and oxygen atoms in total. The first-order valence-corrected chi connectivity index (χ1v) is 6.83. The molecule has 0 radical (unpaired) electrons. The maximum atomic E-state index is 13.7. The van der Waals surface area contributed by atoms with Crippen LogP contribution in [0.5, 0.6) is 0 Å². The molecule has 0 fully saturated rings. The molecule has 0 aromatic heterocycles. The molecular weight excluding hydrogens is 280 g/mol. The van der Waals surface area contributed by atoms with Gasteiger partial charge in [0.15, 0.2) is 0 Å². The largest absolute Gasteiger partial charge is 0.303 e. The van der Waals surface area contributed by atoms with Crippen molar-refractivity contribution in [3.05, 3.63) is 70.2 Å². The van der Waals surface area contributed by atoms with Crippen LogP contribution in [0.1, 0.15) is 37.1 Å². The van der Waals surface area contributed by atoms with Gasteiger partial charge in [-0.25, -0.2) is 8.78 Å². The van der Waals surface area contributed by atoms with Gasteiger partial charge >= 0.3 is 0 Å². The highest BCUT2D eigenvalue weighted by Crippen LogP contribution is 2.27. The first kappa shape index (κ1) is 14.9. The van der Waals surface area contributed by atoms with E-state index in [0.29, 0.717) is 5.02 Å². The quantitative estimate of drug-likeness (QED) is 0.834. The molecule has 1 N–H and O–H groups in total. The van der Waals surface area contributed by atoms with Gasteiger partial charge in [0.05, 0.1) is 0 Å². The smallest absolute Gasteiger partial charge is 0.130 e. The average molecular weight is 296 g/mol. The summed E-state index contributed by atoms with van der Waals surface area (Å²) in [4.78, 5) is 0. The lowest BCUT2D eigenvalue weighted by molar-refractivity contribution is 0.450. The molecule has 0 spiro atoms. The molecular formula is C16H16ClF2N. The summed E-state index contributed by atoms with van der Waals surface area (Å²) in [7, 11) is 0. The van der Waals surface area contributed by atoms with Crippen LogP contribution >= 0.6 is 11.6 Å². The van der Waals surface area contributed by atoms with Crippen molar-refractivity contribution in [3.8, 4) is 0 Å². The Morgan fingerprint density at radius 1 is 0.900 bits per heavy atom. The highest BCUT2D eigenvalue weighted by atomic mass is 35.5. The van der Waals surface area contributed by atoms with E-state index in [4.69, 9.17) is 11.6 Å². The third-order valence-corrected chi connectivity index (χ3v) is 3.65. The Labute approximate surface area is 122 Å². The van der Waals surface area contributed by atoms with Crippen molar-refractivity contribution in [2.45, 2.75) is 25.9 Å². The van der Waals surface area contributed by atoms with Crippen LogP contribution in [-0.4, -0.2) is 0 Å². The Morgan fingerprint density at radius 3 is 2.10 bits per heavy atom. The molecule has 0 heterocycles. The van der Waals surface area contributed by atoms with Crippen LogP contribution in [0.15, 0.2) is 42.5 Å². The maximum absolute atomic E-state index is 13.7. The standard InChI is InChI=1S/C16H16ClF2N/c1-10(12-6-3-4-7-13(12)17)20-11(2)16-14(18)8-5-9-15(16)19/h3-11,20H,1-2H3/t10-,11?/m0/s1. The summed E-state index contributed by atoms with van der Waals surface area (Å²) >= 11 is 6.12. The summed E-state index contributed by atoms with van der Waals surface area (Å²) in [6.07, 6.45) is 0. The zero-order valence-electron chi connectivity index (χ0n) is 11.3. The minimum absolute atomic E-state index is 0.0476.